The van der Waals surface area contributed by atoms with Crippen LogP contribution in [0.5, 0.6) is 0 Å². The zero-order chi connectivity index (χ0) is 10.6. The Hall–Kier alpha value is -0.230. The second-order valence-corrected chi connectivity index (χ2v) is 4.29. The Bertz CT molecular complexity index is 245. The summed E-state index contributed by atoms with van der Waals surface area (Å²) in [6.07, 6.45) is -1.68. The minimum absolute atomic E-state index is 0.404. The van der Waals surface area contributed by atoms with Gasteiger partial charge in [-0.05, 0) is 20.8 Å². The molecule has 1 N–H and O–H groups in total. The molecule has 0 amide bonds. The highest BCUT2D eigenvalue weighted by atomic mass is 19.2. The van der Waals surface area contributed by atoms with Crippen LogP contribution in [0.15, 0.2) is 0 Å². The fraction of sp³-hybridized carbons (Fsp3) is 1.00. The maximum atomic E-state index is 13.9. The van der Waals surface area contributed by atoms with Crippen LogP contribution in [0.1, 0.15) is 20.8 Å². The highest BCUT2D eigenvalue weighted by Crippen LogP contribution is 2.44. The normalized spacial score (nSPS) is 50.8. The second-order valence-electron chi connectivity index (χ2n) is 4.29. The zero-order valence-electron chi connectivity index (χ0n) is 8.49. The summed E-state index contributed by atoms with van der Waals surface area (Å²) in [6, 6.07) is 0. The third kappa shape index (κ3) is 1.35. The van der Waals surface area contributed by atoms with Gasteiger partial charge in [0, 0.05) is 0 Å². The number of hydrogen-bond acceptors (Lipinski definition) is 4. The Morgan fingerprint density at radius 3 is 2.50 bits per heavy atom. The van der Waals surface area contributed by atoms with Gasteiger partial charge in [-0.1, -0.05) is 0 Å². The highest BCUT2D eigenvalue weighted by Gasteiger charge is 2.62. The van der Waals surface area contributed by atoms with Gasteiger partial charge < -0.3 is 19.3 Å². The summed E-state index contributed by atoms with van der Waals surface area (Å²) >= 11 is 0. The quantitative estimate of drug-likeness (QED) is 0.682. The molecule has 0 aromatic rings. The SMILES string of the molecule is C[C@@H]1O[C@](F)(CO)[C@H]2OC(C)(C)O[C@@H]12. The van der Waals surface area contributed by atoms with Crippen LogP contribution in [0.4, 0.5) is 4.39 Å². The minimum atomic E-state index is -2.13. The fourth-order valence-corrected chi connectivity index (χ4v) is 2.04. The maximum Gasteiger partial charge on any atom is 0.262 e. The van der Waals surface area contributed by atoms with Gasteiger partial charge in [0.05, 0.1) is 6.10 Å². The number of halogens is 1. The van der Waals surface area contributed by atoms with Crippen LogP contribution in [-0.4, -0.2) is 41.7 Å². The molecule has 2 saturated heterocycles. The summed E-state index contributed by atoms with van der Waals surface area (Å²) in [7, 11) is 0. The Balaban J connectivity index is 2.23. The number of rotatable bonds is 1. The summed E-state index contributed by atoms with van der Waals surface area (Å²) in [5.74, 6) is -2.93. The van der Waals surface area contributed by atoms with E-state index in [0.29, 0.717) is 0 Å². The summed E-state index contributed by atoms with van der Waals surface area (Å²) in [6.45, 7) is 4.43. The first kappa shape index (κ1) is 10.3. The Morgan fingerprint density at radius 2 is 1.93 bits per heavy atom. The van der Waals surface area contributed by atoms with Gasteiger partial charge in [0.2, 0.25) is 0 Å². The van der Waals surface area contributed by atoms with Crippen molar-refractivity contribution in [2.24, 2.45) is 0 Å². The van der Waals surface area contributed by atoms with Crippen LogP contribution >= 0.6 is 0 Å². The van der Waals surface area contributed by atoms with E-state index in [1.165, 1.54) is 0 Å². The molecular formula is C9H15FO4. The first-order chi connectivity index (χ1) is 6.38. The lowest BCUT2D eigenvalue weighted by atomic mass is 10.1. The van der Waals surface area contributed by atoms with Gasteiger partial charge in [-0.25, -0.2) is 4.39 Å². The summed E-state index contributed by atoms with van der Waals surface area (Å²) in [5.41, 5.74) is 0. The topological polar surface area (TPSA) is 47.9 Å². The highest BCUT2D eigenvalue weighted by molar-refractivity contribution is 5.00. The second kappa shape index (κ2) is 2.88. The van der Waals surface area contributed by atoms with Crippen LogP contribution in [0.25, 0.3) is 0 Å². The van der Waals surface area contributed by atoms with E-state index in [9.17, 15) is 4.39 Å². The fourth-order valence-electron chi connectivity index (χ4n) is 2.04. The monoisotopic (exact) mass is 206 g/mol. The average Bonchev–Trinajstić information content (AvgIpc) is 2.50. The standard InChI is InChI=1S/C9H15FO4/c1-5-6-7(9(10,4-11)12-5)14-8(2,3)13-6/h5-7,11H,4H2,1-3H3/t5-,6-,7-,9+/m0/s1. The van der Waals surface area contributed by atoms with E-state index in [1.54, 1.807) is 20.8 Å². The molecule has 0 aromatic heterocycles. The summed E-state index contributed by atoms with van der Waals surface area (Å²) in [4.78, 5) is 0. The van der Waals surface area contributed by atoms with E-state index in [4.69, 9.17) is 19.3 Å². The maximum absolute atomic E-state index is 13.9. The Labute approximate surface area is 81.9 Å². The molecule has 0 aliphatic carbocycles. The Kier molecular flexibility index (Phi) is 2.12. The summed E-state index contributed by atoms with van der Waals surface area (Å²) in [5, 5.41) is 8.92. The molecule has 2 rings (SSSR count). The van der Waals surface area contributed by atoms with Crippen LogP contribution < -0.4 is 0 Å². The molecule has 0 spiro atoms. The molecular weight excluding hydrogens is 191 g/mol. The smallest absolute Gasteiger partial charge is 0.262 e. The molecule has 2 aliphatic rings. The Morgan fingerprint density at radius 1 is 1.29 bits per heavy atom. The minimum Gasteiger partial charge on any atom is -0.390 e. The first-order valence-electron chi connectivity index (χ1n) is 4.71. The molecule has 2 heterocycles. The lowest BCUT2D eigenvalue weighted by Crippen LogP contribution is -2.42. The van der Waals surface area contributed by atoms with Crippen molar-refractivity contribution in [1.82, 2.24) is 0 Å². The summed E-state index contributed by atoms with van der Waals surface area (Å²) < 4.78 is 29.8. The number of fused-ring (bicyclic) bond motifs is 1. The van der Waals surface area contributed by atoms with E-state index in [1.807, 2.05) is 0 Å². The molecule has 2 aliphatic heterocycles. The third-order valence-electron chi connectivity index (χ3n) is 2.61. The van der Waals surface area contributed by atoms with Crippen molar-refractivity contribution >= 4 is 0 Å². The third-order valence-corrected chi connectivity index (χ3v) is 2.61. The molecule has 14 heavy (non-hydrogen) atoms. The lowest BCUT2D eigenvalue weighted by Gasteiger charge is -2.25. The molecule has 0 aromatic carbocycles. The van der Waals surface area contributed by atoms with Gasteiger partial charge >= 0.3 is 0 Å². The molecule has 2 fully saturated rings. The molecule has 5 heteroatoms. The van der Waals surface area contributed by atoms with Crippen molar-refractivity contribution in [3.63, 3.8) is 0 Å². The van der Waals surface area contributed by atoms with Gasteiger partial charge in [-0.2, -0.15) is 0 Å². The molecule has 82 valence electrons. The number of hydrogen-bond donors (Lipinski definition) is 1. The zero-order valence-corrected chi connectivity index (χ0v) is 8.49. The van der Waals surface area contributed by atoms with E-state index >= 15 is 0 Å². The molecule has 4 atom stereocenters. The molecule has 0 saturated carbocycles. The lowest BCUT2D eigenvalue weighted by molar-refractivity contribution is -0.251. The van der Waals surface area contributed by atoms with Crippen molar-refractivity contribution < 1.29 is 23.7 Å². The molecule has 4 nitrogen and oxygen atoms in total. The number of aliphatic hydroxyl groups is 1. The van der Waals surface area contributed by atoms with Gasteiger partial charge in [0.25, 0.3) is 5.85 Å². The largest absolute Gasteiger partial charge is 0.390 e. The van der Waals surface area contributed by atoms with Crippen LogP contribution in [0.2, 0.25) is 0 Å². The van der Waals surface area contributed by atoms with E-state index < -0.39 is 36.6 Å². The van der Waals surface area contributed by atoms with E-state index in [0.717, 1.165) is 0 Å². The van der Waals surface area contributed by atoms with Crippen LogP contribution in [-0.2, 0) is 14.2 Å². The van der Waals surface area contributed by atoms with Crippen LogP contribution in [0, 0.1) is 0 Å². The van der Waals surface area contributed by atoms with Crippen molar-refractivity contribution in [1.29, 1.82) is 0 Å². The predicted molar refractivity (Wildman–Crippen MR) is 45.3 cm³/mol. The molecule has 0 radical (unpaired) electrons. The van der Waals surface area contributed by atoms with Crippen molar-refractivity contribution in [2.75, 3.05) is 6.61 Å². The van der Waals surface area contributed by atoms with Gasteiger partial charge in [0.1, 0.15) is 12.7 Å². The van der Waals surface area contributed by atoms with Gasteiger partial charge in [-0.15, -0.1) is 0 Å². The van der Waals surface area contributed by atoms with E-state index in [-0.39, 0.29) is 0 Å². The number of ether oxygens (including phenoxy) is 3. The van der Waals surface area contributed by atoms with Crippen molar-refractivity contribution in [3.8, 4) is 0 Å². The van der Waals surface area contributed by atoms with Gasteiger partial charge in [-0.3, -0.25) is 0 Å². The average molecular weight is 206 g/mol. The van der Waals surface area contributed by atoms with Crippen molar-refractivity contribution in [3.05, 3.63) is 0 Å². The molecule has 0 unspecified atom stereocenters. The van der Waals surface area contributed by atoms with E-state index in [2.05, 4.69) is 0 Å². The van der Waals surface area contributed by atoms with Crippen molar-refractivity contribution in [2.45, 2.75) is 50.7 Å². The van der Waals surface area contributed by atoms with Crippen LogP contribution in [0.3, 0.4) is 0 Å². The number of aliphatic hydroxyl groups excluding tert-OH is 1. The predicted octanol–water partition coefficient (Wildman–Crippen LogP) is 0.583. The molecule has 0 bridgehead atoms. The number of alkyl halides is 1. The first-order valence-corrected chi connectivity index (χ1v) is 4.71. The van der Waals surface area contributed by atoms with Gasteiger partial charge in [0.15, 0.2) is 11.9 Å².